The fraction of sp³-hybridized carbons (Fsp3) is 0.600. The van der Waals surface area contributed by atoms with Crippen LogP contribution < -0.4 is 10.1 Å². The molecule has 92 valence electrons. The van der Waals surface area contributed by atoms with Gasteiger partial charge in [-0.1, -0.05) is 31.4 Å². The Morgan fingerprint density at radius 1 is 1.18 bits per heavy atom. The van der Waals surface area contributed by atoms with Crippen LogP contribution in [-0.4, -0.2) is 7.11 Å². The van der Waals surface area contributed by atoms with Gasteiger partial charge in [0.1, 0.15) is 5.75 Å². The maximum absolute atomic E-state index is 5.45. The zero-order valence-corrected chi connectivity index (χ0v) is 10.5. The highest BCUT2D eigenvalue weighted by Crippen LogP contribution is 2.41. The van der Waals surface area contributed by atoms with E-state index in [1.54, 1.807) is 7.11 Å². The molecule has 0 bridgehead atoms. The van der Waals surface area contributed by atoms with Crippen molar-refractivity contribution in [3.05, 3.63) is 29.3 Å². The van der Waals surface area contributed by atoms with Gasteiger partial charge in [-0.15, -0.1) is 0 Å². The lowest BCUT2D eigenvalue weighted by molar-refractivity contribution is 0.282. The van der Waals surface area contributed by atoms with E-state index in [1.165, 1.54) is 43.2 Å². The fourth-order valence-corrected chi connectivity index (χ4v) is 3.46. The Balaban J connectivity index is 1.87. The van der Waals surface area contributed by atoms with Gasteiger partial charge in [0.15, 0.2) is 0 Å². The molecule has 2 heteroatoms. The standard InChI is InChI=1S/C15H21NO/c1-17-14-9-5-8-12-13(14)10-16-15(12)11-6-3-2-4-7-11/h5,8-9,11,15-16H,2-4,6-7,10H2,1H3. The Kier molecular flexibility index (Phi) is 3.06. The zero-order valence-electron chi connectivity index (χ0n) is 10.5. The number of ether oxygens (including phenoxy) is 1. The average Bonchev–Trinajstić information content (AvgIpc) is 2.83. The SMILES string of the molecule is COc1cccc2c1CNC2C1CCCCC1. The van der Waals surface area contributed by atoms with Crippen LogP contribution in [0.4, 0.5) is 0 Å². The van der Waals surface area contributed by atoms with Crippen molar-refractivity contribution in [2.75, 3.05) is 7.11 Å². The first kappa shape index (κ1) is 11.1. The molecular weight excluding hydrogens is 210 g/mol. The summed E-state index contributed by atoms with van der Waals surface area (Å²) in [5, 5.41) is 3.69. The summed E-state index contributed by atoms with van der Waals surface area (Å²) in [6.45, 7) is 0.973. The molecule has 1 N–H and O–H groups in total. The summed E-state index contributed by atoms with van der Waals surface area (Å²) >= 11 is 0. The molecule has 1 saturated carbocycles. The normalized spacial score (nSPS) is 24.6. The van der Waals surface area contributed by atoms with E-state index in [9.17, 15) is 0 Å². The zero-order chi connectivity index (χ0) is 11.7. The summed E-state index contributed by atoms with van der Waals surface area (Å²) in [6.07, 6.45) is 7.00. The number of methoxy groups -OCH3 is 1. The molecule has 1 aromatic carbocycles. The highest BCUT2D eigenvalue weighted by atomic mass is 16.5. The van der Waals surface area contributed by atoms with Gasteiger partial charge >= 0.3 is 0 Å². The van der Waals surface area contributed by atoms with Crippen LogP contribution in [0.3, 0.4) is 0 Å². The van der Waals surface area contributed by atoms with Crippen LogP contribution in [0, 0.1) is 5.92 Å². The van der Waals surface area contributed by atoms with Crippen molar-refractivity contribution in [3.63, 3.8) is 0 Å². The number of fused-ring (bicyclic) bond motifs is 1. The first-order valence-corrected chi connectivity index (χ1v) is 6.79. The molecule has 1 fully saturated rings. The molecule has 2 aliphatic rings. The predicted molar refractivity (Wildman–Crippen MR) is 69.1 cm³/mol. The maximum Gasteiger partial charge on any atom is 0.123 e. The molecule has 17 heavy (non-hydrogen) atoms. The van der Waals surface area contributed by atoms with E-state index in [0.717, 1.165) is 18.2 Å². The molecule has 3 rings (SSSR count). The minimum absolute atomic E-state index is 0.570. The smallest absolute Gasteiger partial charge is 0.123 e. The van der Waals surface area contributed by atoms with Crippen LogP contribution in [0.1, 0.15) is 49.3 Å². The minimum atomic E-state index is 0.570. The van der Waals surface area contributed by atoms with Gasteiger partial charge in [0.2, 0.25) is 0 Å². The third-order valence-corrected chi connectivity index (χ3v) is 4.34. The van der Waals surface area contributed by atoms with Gasteiger partial charge in [-0.05, 0) is 30.4 Å². The number of hydrogen-bond acceptors (Lipinski definition) is 2. The highest BCUT2D eigenvalue weighted by Gasteiger charge is 2.31. The molecule has 0 aromatic heterocycles. The van der Waals surface area contributed by atoms with E-state index in [-0.39, 0.29) is 0 Å². The highest BCUT2D eigenvalue weighted by molar-refractivity contribution is 5.44. The molecular formula is C15H21NO. The molecule has 0 saturated heterocycles. The van der Waals surface area contributed by atoms with Crippen LogP contribution in [0.25, 0.3) is 0 Å². The van der Waals surface area contributed by atoms with Gasteiger partial charge < -0.3 is 10.1 Å². The molecule has 0 radical (unpaired) electrons. The summed E-state index contributed by atoms with van der Waals surface area (Å²) in [6, 6.07) is 7.04. The number of rotatable bonds is 2. The predicted octanol–water partition coefficient (Wildman–Crippen LogP) is 3.42. The van der Waals surface area contributed by atoms with Crippen molar-refractivity contribution in [3.8, 4) is 5.75 Å². The molecule has 2 nitrogen and oxygen atoms in total. The number of hydrogen-bond donors (Lipinski definition) is 1. The van der Waals surface area contributed by atoms with Crippen LogP contribution >= 0.6 is 0 Å². The Hall–Kier alpha value is -1.02. The summed E-state index contributed by atoms with van der Waals surface area (Å²) < 4.78 is 5.45. The Labute approximate surface area is 103 Å². The van der Waals surface area contributed by atoms with Crippen molar-refractivity contribution in [1.29, 1.82) is 0 Å². The second-order valence-corrected chi connectivity index (χ2v) is 5.28. The molecule has 1 aliphatic carbocycles. The lowest BCUT2D eigenvalue weighted by Gasteiger charge is -2.28. The van der Waals surface area contributed by atoms with E-state index in [4.69, 9.17) is 4.74 Å². The lowest BCUT2D eigenvalue weighted by atomic mass is 9.81. The topological polar surface area (TPSA) is 21.3 Å². The Morgan fingerprint density at radius 2 is 2.00 bits per heavy atom. The van der Waals surface area contributed by atoms with E-state index in [0.29, 0.717) is 6.04 Å². The van der Waals surface area contributed by atoms with E-state index in [1.807, 2.05) is 0 Å². The lowest BCUT2D eigenvalue weighted by Crippen LogP contribution is -2.23. The molecule has 1 atom stereocenters. The van der Waals surface area contributed by atoms with E-state index < -0.39 is 0 Å². The second kappa shape index (κ2) is 4.69. The van der Waals surface area contributed by atoms with Gasteiger partial charge in [0.25, 0.3) is 0 Å². The van der Waals surface area contributed by atoms with E-state index >= 15 is 0 Å². The van der Waals surface area contributed by atoms with Gasteiger partial charge in [-0.2, -0.15) is 0 Å². The van der Waals surface area contributed by atoms with Gasteiger partial charge in [-0.25, -0.2) is 0 Å². The summed E-state index contributed by atoms with van der Waals surface area (Å²) in [5.74, 6) is 1.88. The average molecular weight is 231 g/mol. The summed E-state index contributed by atoms with van der Waals surface area (Å²) in [4.78, 5) is 0. The third kappa shape index (κ3) is 1.95. The van der Waals surface area contributed by atoms with Crippen LogP contribution in [-0.2, 0) is 6.54 Å². The fourth-order valence-electron chi connectivity index (χ4n) is 3.46. The Bertz CT molecular complexity index is 396. The Morgan fingerprint density at radius 3 is 2.76 bits per heavy atom. The number of benzene rings is 1. The summed E-state index contributed by atoms with van der Waals surface area (Å²) in [7, 11) is 1.77. The molecule has 0 amide bonds. The van der Waals surface area contributed by atoms with Gasteiger partial charge in [0.05, 0.1) is 7.11 Å². The molecule has 1 heterocycles. The quantitative estimate of drug-likeness (QED) is 0.842. The second-order valence-electron chi connectivity index (χ2n) is 5.28. The largest absolute Gasteiger partial charge is 0.496 e. The van der Waals surface area contributed by atoms with Crippen molar-refractivity contribution >= 4 is 0 Å². The summed E-state index contributed by atoms with van der Waals surface area (Å²) in [5.41, 5.74) is 2.86. The van der Waals surface area contributed by atoms with Gasteiger partial charge in [0, 0.05) is 18.2 Å². The van der Waals surface area contributed by atoms with Crippen molar-refractivity contribution in [2.45, 2.75) is 44.7 Å². The molecule has 1 aliphatic heterocycles. The van der Waals surface area contributed by atoms with Crippen molar-refractivity contribution < 1.29 is 4.74 Å². The van der Waals surface area contributed by atoms with Gasteiger partial charge in [-0.3, -0.25) is 0 Å². The van der Waals surface area contributed by atoms with Crippen LogP contribution in [0.15, 0.2) is 18.2 Å². The molecule has 1 unspecified atom stereocenters. The molecule has 1 aromatic rings. The first-order valence-electron chi connectivity index (χ1n) is 6.79. The first-order chi connectivity index (χ1) is 8.40. The van der Waals surface area contributed by atoms with Crippen molar-refractivity contribution in [2.24, 2.45) is 5.92 Å². The third-order valence-electron chi connectivity index (χ3n) is 4.34. The number of nitrogens with one attached hydrogen (secondary N) is 1. The maximum atomic E-state index is 5.45. The van der Waals surface area contributed by atoms with Crippen LogP contribution in [0.5, 0.6) is 5.75 Å². The van der Waals surface area contributed by atoms with Crippen molar-refractivity contribution in [1.82, 2.24) is 5.32 Å². The minimum Gasteiger partial charge on any atom is -0.496 e. The monoisotopic (exact) mass is 231 g/mol. The molecule has 0 spiro atoms. The van der Waals surface area contributed by atoms with Crippen LogP contribution in [0.2, 0.25) is 0 Å². The van der Waals surface area contributed by atoms with E-state index in [2.05, 4.69) is 23.5 Å².